The van der Waals surface area contributed by atoms with Crippen LogP contribution in [0.2, 0.25) is 0 Å². The third-order valence-corrected chi connectivity index (χ3v) is 4.97. The maximum Gasteiger partial charge on any atom is 0.246 e. The number of hydrogen-bond donors (Lipinski definition) is 0. The van der Waals surface area contributed by atoms with E-state index >= 15 is 0 Å². The molecule has 0 saturated carbocycles. The fourth-order valence-corrected chi connectivity index (χ4v) is 3.57. The van der Waals surface area contributed by atoms with Crippen molar-refractivity contribution in [2.24, 2.45) is 5.92 Å². The standard InChI is InChI=1S/C22H34FN3O/c1-18(2)14-22(27)26(13-12-24(3)4)16-19-8-7-11-25(15-19)17-20-9-5-6-10-21(20)23/h5-6,9-10,14,19H,7-8,11-13,15-17H2,1-4H3/t19-/m1/s1. The topological polar surface area (TPSA) is 26.8 Å². The van der Waals surface area contributed by atoms with E-state index in [0.717, 1.165) is 56.7 Å². The fraction of sp³-hybridized carbons (Fsp3) is 0.591. The van der Waals surface area contributed by atoms with Gasteiger partial charge >= 0.3 is 0 Å². The summed E-state index contributed by atoms with van der Waals surface area (Å²) in [5.74, 6) is 0.399. The summed E-state index contributed by atoms with van der Waals surface area (Å²) in [6, 6.07) is 7.01. The van der Waals surface area contributed by atoms with E-state index in [1.165, 1.54) is 6.07 Å². The molecule has 0 radical (unpaired) electrons. The summed E-state index contributed by atoms with van der Waals surface area (Å²) >= 11 is 0. The van der Waals surface area contributed by atoms with E-state index in [2.05, 4.69) is 9.80 Å². The molecule has 0 aliphatic carbocycles. The van der Waals surface area contributed by atoms with Gasteiger partial charge in [0.2, 0.25) is 5.91 Å². The molecular weight excluding hydrogens is 341 g/mol. The molecule has 27 heavy (non-hydrogen) atoms. The van der Waals surface area contributed by atoms with Crippen molar-refractivity contribution in [3.8, 4) is 0 Å². The van der Waals surface area contributed by atoms with Crippen LogP contribution in [0.3, 0.4) is 0 Å². The molecule has 150 valence electrons. The van der Waals surface area contributed by atoms with E-state index in [0.29, 0.717) is 12.5 Å². The average molecular weight is 376 g/mol. The van der Waals surface area contributed by atoms with Crippen LogP contribution in [0.5, 0.6) is 0 Å². The Hall–Kier alpha value is -1.72. The van der Waals surface area contributed by atoms with E-state index in [4.69, 9.17) is 0 Å². The maximum absolute atomic E-state index is 14.0. The van der Waals surface area contributed by atoms with Crippen molar-refractivity contribution in [1.29, 1.82) is 0 Å². The number of allylic oxidation sites excluding steroid dienone is 1. The first kappa shape index (κ1) is 21.6. The predicted octanol–water partition coefficient (Wildman–Crippen LogP) is 3.39. The van der Waals surface area contributed by atoms with Crippen LogP contribution in [0.15, 0.2) is 35.9 Å². The van der Waals surface area contributed by atoms with Gasteiger partial charge in [-0.25, -0.2) is 4.39 Å². The summed E-state index contributed by atoms with van der Waals surface area (Å²) in [7, 11) is 4.06. The van der Waals surface area contributed by atoms with Crippen LogP contribution < -0.4 is 0 Å². The summed E-state index contributed by atoms with van der Waals surface area (Å²) < 4.78 is 14.0. The molecule has 0 spiro atoms. The molecule has 1 aromatic rings. The highest BCUT2D eigenvalue weighted by Crippen LogP contribution is 2.21. The van der Waals surface area contributed by atoms with Crippen LogP contribution in [0, 0.1) is 11.7 Å². The van der Waals surface area contributed by atoms with Gasteiger partial charge in [-0.05, 0) is 59.3 Å². The Bertz CT molecular complexity index is 640. The van der Waals surface area contributed by atoms with Crippen molar-refractivity contribution in [2.75, 3.05) is 46.8 Å². The van der Waals surface area contributed by atoms with Gasteiger partial charge in [0.1, 0.15) is 5.82 Å². The Kier molecular flexibility index (Phi) is 8.45. The van der Waals surface area contributed by atoms with Gasteiger partial charge in [0.05, 0.1) is 0 Å². The number of likely N-dealkylation sites (N-methyl/N-ethyl adjacent to an activating group) is 1. The minimum atomic E-state index is -0.133. The third kappa shape index (κ3) is 7.43. The van der Waals surface area contributed by atoms with E-state index in [9.17, 15) is 9.18 Å². The predicted molar refractivity (Wildman–Crippen MR) is 109 cm³/mol. The van der Waals surface area contributed by atoms with Crippen molar-refractivity contribution < 1.29 is 9.18 Å². The lowest BCUT2D eigenvalue weighted by atomic mass is 9.96. The monoisotopic (exact) mass is 375 g/mol. The van der Waals surface area contributed by atoms with E-state index in [1.807, 2.05) is 45.0 Å². The average Bonchev–Trinajstić information content (AvgIpc) is 2.60. The van der Waals surface area contributed by atoms with Gasteiger partial charge in [-0.15, -0.1) is 0 Å². The number of likely N-dealkylation sites (tertiary alicyclic amines) is 1. The van der Waals surface area contributed by atoms with Crippen LogP contribution in [-0.2, 0) is 11.3 Å². The number of carbonyl (C=O) groups is 1. The normalized spacial score (nSPS) is 17.8. The van der Waals surface area contributed by atoms with Crippen molar-refractivity contribution in [1.82, 2.24) is 14.7 Å². The van der Waals surface area contributed by atoms with Gasteiger partial charge < -0.3 is 9.80 Å². The maximum atomic E-state index is 14.0. The molecule has 4 nitrogen and oxygen atoms in total. The molecule has 2 rings (SSSR count). The Morgan fingerprint density at radius 1 is 1.26 bits per heavy atom. The number of rotatable bonds is 8. The third-order valence-electron chi connectivity index (χ3n) is 4.97. The van der Waals surface area contributed by atoms with Crippen LogP contribution in [0.4, 0.5) is 4.39 Å². The molecule has 1 fully saturated rings. The lowest BCUT2D eigenvalue weighted by molar-refractivity contribution is -0.127. The Morgan fingerprint density at radius 2 is 2.00 bits per heavy atom. The Labute approximate surface area is 163 Å². The van der Waals surface area contributed by atoms with Gasteiger partial charge in [-0.2, -0.15) is 0 Å². The van der Waals surface area contributed by atoms with E-state index < -0.39 is 0 Å². The Morgan fingerprint density at radius 3 is 2.67 bits per heavy atom. The second kappa shape index (κ2) is 10.6. The zero-order valence-corrected chi connectivity index (χ0v) is 17.2. The molecule has 5 heteroatoms. The number of hydrogen-bond acceptors (Lipinski definition) is 3. The van der Waals surface area contributed by atoms with Crippen LogP contribution in [0.1, 0.15) is 32.3 Å². The SMILES string of the molecule is CC(C)=CC(=O)N(CCN(C)C)C[C@@H]1CCCN(Cc2ccccc2F)C1. The highest BCUT2D eigenvalue weighted by Gasteiger charge is 2.24. The van der Waals surface area contributed by atoms with Gasteiger partial charge in [0, 0.05) is 44.4 Å². The number of piperidine rings is 1. The van der Waals surface area contributed by atoms with Gasteiger partial charge in [0.15, 0.2) is 0 Å². The number of benzene rings is 1. The summed E-state index contributed by atoms with van der Waals surface area (Å²) in [5, 5.41) is 0. The minimum absolute atomic E-state index is 0.100. The molecule has 0 unspecified atom stereocenters. The number of amides is 1. The van der Waals surface area contributed by atoms with Crippen molar-refractivity contribution in [3.05, 3.63) is 47.3 Å². The highest BCUT2D eigenvalue weighted by atomic mass is 19.1. The first-order valence-electron chi connectivity index (χ1n) is 9.89. The second-order valence-electron chi connectivity index (χ2n) is 8.14. The first-order chi connectivity index (χ1) is 12.8. The number of carbonyl (C=O) groups excluding carboxylic acids is 1. The zero-order valence-electron chi connectivity index (χ0n) is 17.2. The lowest BCUT2D eigenvalue weighted by Crippen LogP contribution is -2.44. The Balaban J connectivity index is 1.98. The number of halogens is 1. The van der Waals surface area contributed by atoms with Gasteiger partial charge in [0.25, 0.3) is 0 Å². The zero-order chi connectivity index (χ0) is 19.8. The second-order valence-corrected chi connectivity index (χ2v) is 8.14. The molecular formula is C22H34FN3O. The van der Waals surface area contributed by atoms with Crippen molar-refractivity contribution in [3.63, 3.8) is 0 Å². The summed E-state index contributed by atoms with van der Waals surface area (Å²) in [6.07, 6.45) is 3.95. The van der Waals surface area contributed by atoms with Crippen molar-refractivity contribution in [2.45, 2.75) is 33.2 Å². The molecule has 1 aromatic carbocycles. The lowest BCUT2D eigenvalue weighted by Gasteiger charge is -2.36. The quantitative estimate of drug-likeness (QED) is 0.652. The highest BCUT2D eigenvalue weighted by molar-refractivity contribution is 5.88. The van der Waals surface area contributed by atoms with E-state index in [-0.39, 0.29) is 11.7 Å². The molecule has 1 aliphatic rings. The summed E-state index contributed by atoms with van der Waals surface area (Å²) in [4.78, 5) is 19.0. The van der Waals surface area contributed by atoms with Crippen LogP contribution in [-0.4, -0.2) is 67.4 Å². The molecule has 1 saturated heterocycles. The summed E-state index contributed by atoms with van der Waals surface area (Å²) in [5.41, 5.74) is 1.78. The molecule has 1 heterocycles. The fourth-order valence-electron chi connectivity index (χ4n) is 3.57. The largest absolute Gasteiger partial charge is 0.338 e. The molecule has 1 aliphatic heterocycles. The van der Waals surface area contributed by atoms with Crippen LogP contribution in [0.25, 0.3) is 0 Å². The number of nitrogens with zero attached hydrogens (tertiary/aromatic N) is 3. The molecule has 0 bridgehead atoms. The first-order valence-corrected chi connectivity index (χ1v) is 9.89. The van der Waals surface area contributed by atoms with Gasteiger partial charge in [-0.1, -0.05) is 23.8 Å². The van der Waals surface area contributed by atoms with Crippen molar-refractivity contribution >= 4 is 5.91 Å². The minimum Gasteiger partial charge on any atom is -0.338 e. The summed E-state index contributed by atoms with van der Waals surface area (Å²) in [6.45, 7) is 8.82. The molecule has 1 atom stereocenters. The smallest absolute Gasteiger partial charge is 0.246 e. The van der Waals surface area contributed by atoms with E-state index in [1.54, 1.807) is 12.1 Å². The van der Waals surface area contributed by atoms with Gasteiger partial charge in [-0.3, -0.25) is 9.69 Å². The molecule has 0 aromatic heterocycles. The molecule has 0 N–H and O–H groups in total. The van der Waals surface area contributed by atoms with Crippen LogP contribution >= 0.6 is 0 Å². The molecule has 1 amide bonds.